The van der Waals surface area contributed by atoms with E-state index in [1.165, 1.54) is 10.6 Å². The maximum absolute atomic E-state index is 12.4. The van der Waals surface area contributed by atoms with Crippen LogP contribution >= 0.6 is 15.9 Å². The van der Waals surface area contributed by atoms with Crippen molar-refractivity contribution in [2.24, 2.45) is 0 Å². The standard InChI is InChI=1S/C20H20BrN3O2/c21-15-5-7-16(8-6-15)23-12-9-22(10-13-23)11-14-24-19(25)17-3-1-2-4-18(17)20(24)26/h1-8H,9-14H2. The third-order valence-electron chi connectivity index (χ3n) is 5.08. The molecule has 134 valence electrons. The molecule has 1 fully saturated rings. The highest BCUT2D eigenvalue weighted by molar-refractivity contribution is 9.10. The number of imide groups is 1. The van der Waals surface area contributed by atoms with Gasteiger partial charge in [0.2, 0.25) is 0 Å². The van der Waals surface area contributed by atoms with E-state index in [9.17, 15) is 9.59 Å². The van der Waals surface area contributed by atoms with Crippen LogP contribution in [-0.2, 0) is 0 Å². The Labute approximate surface area is 161 Å². The first-order valence-corrected chi connectivity index (χ1v) is 9.61. The van der Waals surface area contributed by atoms with Crippen LogP contribution in [0.5, 0.6) is 0 Å². The number of carbonyl (C=O) groups excluding carboxylic acids is 2. The summed E-state index contributed by atoms with van der Waals surface area (Å²) in [7, 11) is 0. The van der Waals surface area contributed by atoms with E-state index in [-0.39, 0.29) is 11.8 Å². The predicted molar refractivity (Wildman–Crippen MR) is 105 cm³/mol. The molecule has 2 heterocycles. The Kier molecular flexibility index (Phi) is 4.78. The van der Waals surface area contributed by atoms with Gasteiger partial charge in [0.1, 0.15) is 0 Å². The van der Waals surface area contributed by atoms with Crippen LogP contribution in [-0.4, -0.2) is 60.9 Å². The van der Waals surface area contributed by atoms with Gasteiger partial charge in [0.25, 0.3) is 11.8 Å². The van der Waals surface area contributed by atoms with Crippen LogP contribution in [0.2, 0.25) is 0 Å². The molecule has 4 rings (SSSR count). The molecule has 0 radical (unpaired) electrons. The second-order valence-electron chi connectivity index (χ2n) is 6.61. The van der Waals surface area contributed by atoms with Crippen molar-refractivity contribution in [2.45, 2.75) is 0 Å². The molecule has 0 aliphatic carbocycles. The van der Waals surface area contributed by atoms with E-state index in [4.69, 9.17) is 0 Å². The molecule has 6 heteroatoms. The molecule has 2 amide bonds. The quantitative estimate of drug-likeness (QED) is 0.722. The highest BCUT2D eigenvalue weighted by Gasteiger charge is 2.35. The fraction of sp³-hybridized carbons (Fsp3) is 0.300. The number of halogens is 1. The number of nitrogens with zero attached hydrogens (tertiary/aromatic N) is 3. The van der Waals surface area contributed by atoms with E-state index in [0.717, 1.165) is 37.2 Å². The maximum Gasteiger partial charge on any atom is 0.261 e. The highest BCUT2D eigenvalue weighted by atomic mass is 79.9. The normalized spacial score (nSPS) is 17.7. The minimum absolute atomic E-state index is 0.168. The van der Waals surface area contributed by atoms with Crippen LogP contribution < -0.4 is 4.90 Å². The SMILES string of the molecule is O=C1c2ccccc2C(=O)N1CCN1CCN(c2ccc(Br)cc2)CC1. The number of fused-ring (bicyclic) bond motifs is 1. The van der Waals surface area contributed by atoms with Crippen LogP contribution in [0, 0.1) is 0 Å². The first-order valence-electron chi connectivity index (χ1n) is 8.81. The molecule has 1 saturated heterocycles. The second-order valence-corrected chi connectivity index (χ2v) is 7.53. The Balaban J connectivity index is 1.31. The lowest BCUT2D eigenvalue weighted by Crippen LogP contribution is -2.49. The smallest absolute Gasteiger partial charge is 0.261 e. The maximum atomic E-state index is 12.4. The Morgan fingerprint density at radius 2 is 1.35 bits per heavy atom. The first-order chi connectivity index (χ1) is 12.6. The molecule has 5 nitrogen and oxygen atoms in total. The molecule has 2 aliphatic rings. The molecule has 0 bridgehead atoms. The van der Waals surface area contributed by atoms with E-state index >= 15 is 0 Å². The number of piperazine rings is 1. The molecule has 0 spiro atoms. The number of anilines is 1. The van der Waals surface area contributed by atoms with Gasteiger partial charge in [0.05, 0.1) is 11.1 Å². The topological polar surface area (TPSA) is 43.9 Å². The van der Waals surface area contributed by atoms with Gasteiger partial charge in [-0.25, -0.2) is 0 Å². The van der Waals surface area contributed by atoms with Crippen molar-refractivity contribution < 1.29 is 9.59 Å². The number of benzene rings is 2. The Bertz CT molecular complexity index is 794. The summed E-state index contributed by atoms with van der Waals surface area (Å²) in [6.07, 6.45) is 0. The van der Waals surface area contributed by atoms with E-state index in [1.807, 2.05) is 0 Å². The van der Waals surface area contributed by atoms with Crippen molar-refractivity contribution in [1.29, 1.82) is 0 Å². The second kappa shape index (κ2) is 7.21. The van der Waals surface area contributed by atoms with Gasteiger partial charge >= 0.3 is 0 Å². The molecule has 0 atom stereocenters. The third kappa shape index (κ3) is 3.27. The Morgan fingerprint density at radius 3 is 1.92 bits per heavy atom. The van der Waals surface area contributed by atoms with E-state index < -0.39 is 0 Å². The first kappa shape index (κ1) is 17.2. The summed E-state index contributed by atoms with van der Waals surface area (Å²) in [6.45, 7) is 4.93. The highest BCUT2D eigenvalue weighted by Crippen LogP contribution is 2.23. The van der Waals surface area contributed by atoms with E-state index in [1.54, 1.807) is 24.3 Å². The Hall–Kier alpha value is -2.18. The zero-order valence-corrected chi connectivity index (χ0v) is 16.0. The van der Waals surface area contributed by atoms with Crippen LogP contribution in [0.4, 0.5) is 5.69 Å². The summed E-state index contributed by atoms with van der Waals surface area (Å²) in [4.78, 5) is 30.9. The molecule has 2 aliphatic heterocycles. The van der Waals surface area contributed by atoms with Crippen LogP contribution in [0.15, 0.2) is 53.0 Å². The van der Waals surface area contributed by atoms with Gasteiger partial charge in [0.15, 0.2) is 0 Å². The van der Waals surface area contributed by atoms with Gasteiger partial charge in [-0.05, 0) is 36.4 Å². The molecule has 0 unspecified atom stereocenters. The van der Waals surface area contributed by atoms with Crippen molar-refractivity contribution in [3.8, 4) is 0 Å². The van der Waals surface area contributed by atoms with Gasteiger partial charge < -0.3 is 4.90 Å². The molecule has 2 aromatic rings. The molecule has 0 saturated carbocycles. The van der Waals surface area contributed by atoms with Crippen LogP contribution in [0.25, 0.3) is 0 Å². The molecule has 0 aromatic heterocycles. The predicted octanol–water partition coefficient (Wildman–Crippen LogP) is 2.87. The summed E-state index contributed by atoms with van der Waals surface area (Å²) in [5.74, 6) is -0.335. The van der Waals surface area contributed by atoms with Gasteiger partial charge in [-0.3, -0.25) is 19.4 Å². The summed E-state index contributed by atoms with van der Waals surface area (Å²) < 4.78 is 1.08. The van der Waals surface area contributed by atoms with Gasteiger partial charge in [-0.2, -0.15) is 0 Å². The van der Waals surface area contributed by atoms with E-state index in [0.29, 0.717) is 17.7 Å². The van der Waals surface area contributed by atoms with E-state index in [2.05, 4.69) is 50.0 Å². The zero-order chi connectivity index (χ0) is 18.1. The molecular weight excluding hydrogens is 394 g/mol. The molecule has 2 aromatic carbocycles. The average molecular weight is 414 g/mol. The third-order valence-corrected chi connectivity index (χ3v) is 5.61. The van der Waals surface area contributed by atoms with Crippen molar-refractivity contribution in [3.05, 3.63) is 64.1 Å². The summed E-state index contributed by atoms with van der Waals surface area (Å²) >= 11 is 3.47. The van der Waals surface area contributed by atoms with Gasteiger partial charge in [-0.15, -0.1) is 0 Å². The summed E-state index contributed by atoms with van der Waals surface area (Å²) in [6, 6.07) is 15.4. The largest absolute Gasteiger partial charge is 0.369 e. The molecule has 0 N–H and O–H groups in total. The number of rotatable bonds is 4. The summed E-state index contributed by atoms with van der Waals surface area (Å²) in [5, 5.41) is 0. The fourth-order valence-electron chi connectivity index (χ4n) is 3.57. The van der Waals surface area contributed by atoms with Crippen molar-refractivity contribution in [2.75, 3.05) is 44.2 Å². The van der Waals surface area contributed by atoms with Crippen LogP contribution in [0.1, 0.15) is 20.7 Å². The van der Waals surface area contributed by atoms with Crippen molar-refractivity contribution >= 4 is 33.4 Å². The van der Waals surface area contributed by atoms with Crippen molar-refractivity contribution in [3.63, 3.8) is 0 Å². The van der Waals surface area contributed by atoms with Crippen LogP contribution in [0.3, 0.4) is 0 Å². The van der Waals surface area contributed by atoms with Gasteiger partial charge in [0, 0.05) is 49.4 Å². The number of amides is 2. The fourth-order valence-corrected chi connectivity index (χ4v) is 3.83. The lowest BCUT2D eigenvalue weighted by atomic mass is 10.1. The Morgan fingerprint density at radius 1 is 0.769 bits per heavy atom. The monoisotopic (exact) mass is 413 g/mol. The molecule has 26 heavy (non-hydrogen) atoms. The molecular formula is C20H20BrN3O2. The summed E-state index contributed by atoms with van der Waals surface area (Å²) in [5.41, 5.74) is 2.28. The van der Waals surface area contributed by atoms with Gasteiger partial charge in [-0.1, -0.05) is 28.1 Å². The number of hydrogen-bond acceptors (Lipinski definition) is 4. The minimum atomic E-state index is -0.168. The zero-order valence-electron chi connectivity index (χ0n) is 14.4. The number of carbonyl (C=O) groups is 2. The van der Waals surface area contributed by atoms with Crippen molar-refractivity contribution in [1.82, 2.24) is 9.80 Å². The number of hydrogen-bond donors (Lipinski definition) is 0. The lowest BCUT2D eigenvalue weighted by molar-refractivity contribution is 0.0635. The minimum Gasteiger partial charge on any atom is -0.369 e. The average Bonchev–Trinajstić information content (AvgIpc) is 2.92. The lowest BCUT2D eigenvalue weighted by Gasteiger charge is -2.36.